The molecule has 0 aromatic carbocycles. The van der Waals surface area contributed by atoms with Gasteiger partial charge in [0.05, 0.1) is 23.2 Å². The van der Waals surface area contributed by atoms with Crippen molar-refractivity contribution in [2.45, 2.75) is 33.2 Å². The molecule has 0 saturated carbocycles. The first-order chi connectivity index (χ1) is 8.69. The van der Waals surface area contributed by atoms with Crippen LogP contribution in [0.4, 0.5) is 0 Å². The molecule has 1 fully saturated rings. The molecule has 1 aliphatic heterocycles. The predicted octanol–water partition coefficient (Wildman–Crippen LogP) is 2.23. The van der Waals surface area contributed by atoms with Crippen molar-refractivity contribution in [3.05, 3.63) is 16.1 Å². The van der Waals surface area contributed by atoms with E-state index in [0.29, 0.717) is 6.61 Å². The number of likely N-dealkylation sites (tertiary alicyclic amines) is 1. The summed E-state index contributed by atoms with van der Waals surface area (Å²) in [6, 6.07) is 0. The van der Waals surface area contributed by atoms with Crippen LogP contribution in [0.15, 0.2) is 5.38 Å². The van der Waals surface area contributed by atoms with Gasteiger partial charge in [-0.2, -0.15) is 0 Å². The van der Waals surface area contributed by atoms with Crippen LogP contribution in [0.3, 0.4) is 0 Å². The van der Waals surface area contributed by atoms with Crippen molar-refractivity contribution < 1.29 is 9.53 Å². The number of carbonyl (C=O) groups is 1. The summed E-state index contributed by atoms with van der Waals surface area (Å²) in [6.07, 6.45) is 2.01. The van der Waals surface area contributed by atoms with Gasteiger partial charge in [0.15, 0.2) is 0 Å². The van der Waals surface area contributed by atoms with E-state index in [2.05, 4.69) is 15.3 Å². The number of thiazole rings is 1. The van der Waals surface area contributed by atoms with Crippen molar-refractivity contribution in [1.29, 1.82) is 0 Å². The summed E-state index contributed by atoms with van der Waals surface area (Å²) >= 11 is 1.68. The number of nitrogens with zero attached hydrogens (tertiary/aromatic N) is 2. The van der Waals surface area contributed by atoms with Crippen molar-refractivity contribution in [2.24, 2.45) is 5.92 Å². The van der Waals surface area contributed by atoms with Crippen molar-refractivity contribution in [1.82, 2.24) is 9.88 Å². The van der Waals surface area contributed by atoms with Gasteiger partial charge in [-0.3, -0.25) is 9.69 Å². The quantitative estimate of drug-likeness (QED) is 0.785. The molecule has 0 bridgehead atoms. The number of hydrogen-bond donors (Lipinski definition) is 0. The minimum atomic E-state index is -0.0448. The summed E-state index contributed by atoms with van der Waals surface area (Å²) in [5.41, 5.74) is 1.11. The molecule has 2 rings (SSSR count). The van der Waals surface area contributed by atoms with Crippen LogP contribution in [-0.4, -0.2) is 35.5 Å². The van der Waals surface area contributed by atoms with Gasteiger partial charge in [-0.1, -0.05) is 0 Å². The van der Waals surface area contributed by atoms with E-state index in [-0.39, 0.29) is 11.9 Å². The molecular formula is C13H20N2O2S. The molecule has 1 saturated heterocycles. The summed E-state index contributed by atoms with van der Waals surface area (Å²) in [5, 5.41) is 3.20. The molecule has 100 valence electrons. The first-order valence-electron chi connectivity index (χ1n) is 6.49. The van der Waals surface area contributed by atoms with Crippen molar-refractivity contribution in [3.63, 3.8) is 0 Å². The van der Waals surface area contributed by atoms with Gasteiger partial charge in [-0.05, 0) is 33.2 Å². The van der Waals surface area contributed by atoms with Gasteiger partial charge in [-0.25, -0.2) is 4.98 Å². The topological polar surface area (TPSA) is 42.4 Å². The Balaban J connectivity index is 1.88. The summed E-state index contributed by atoms with van der Waals surface area (Å²) in [5.74, 6) is -0.00455. The van der Waals surface area contributed by atoms with Crippen LogP contribution in [-0.2, 0) is 16.1 Å². The van der Waals surface area contributed by atoms with E-state index >= 15 is 0 Å². The highest BCUT2D eigenvalue weighted by Crippen LogP contribution is 2.20. The first-order valence-corrected chi connectivity index (χ1v) is 7.37. The fourth-order valence-corrected chi connectivity index (χ4v) is 2.97. The van der Waals surface area contributed by atoms with Gasteiger partial charge >= 0.3 is 5.97 Å². The molecule has 0 unspecified atom stereocenters. The predicted molar refractivity (Wildman–Crippen MR) is 71.5 cm³/mol. The van der Waals surface area contributed by atoms with E-state index in [0.717, 1.165) is 43.2 Å². The molecule has 18 heavy (non-hydrogen) atoms. The van der Waals surface area contributed by atoms with E-state index in [1.807, 2.05) is 13.8 Å². The van der Waals surface area contributed by atoms with Gasteiger partial charge in [0.1, 0.15) is 0 Å². The smallest absolute Gasteiger partial charge is 0.310 e. The van der Waals surface area contributed by atoms with E-state index in [9.17, 15) is 4.79 Å². The third-order valence-electron chi connectivity index (χ3n) is 3.18. The second-order valence-corrected chi connectivity index (χ2v) is 5.75. The van der Waals surface area contributed by atoms with Crippen LogP contribution in [0.5, 0.6) is 0 Å². The van der Waals surface area contributed by atoms with E-state index in [4.69, 9.17) is 4.74 Å². The number of ether oxygens (including phenoxy) is 1. The van der Waals surface area contributed by atoms with Gasteiger partial charge in [0.2, 0.25) is 0 Å². The standard InChI is InChI=1S/C13H20N2O2S/c1-3-17-13(16)11-5-4-6-15(7-11)8-12-9-18-10(2)14-12/h9,11H,3-8H2,1-2H3/t11-/m1/s1. The summed E-state index contributed by atoms with van der Waals surface area (Å²) < 4.78 is 5.10. The number of carbonyl (C=O) groups excluding carboxylic acids is 1. The highest BCUT2D eigenvalue weighted by atomic mass is 32.1. The molecule has 2 heterocycles. The third-order valence-corrected chi connectivity index (χ3v) is 4.00. The molecule has 5 heteroatoms. The van der Waals surface area contributed by atoms with Crippen LogP contribution in [0.2, 0.25) is 0 Å². The number of aryl methyl sites for hydroxylation is 1. The van der Waals surface area contributed by atoms with Gasteiger partial charge in [-0.15, -0.1) is 11.3 Å². The monoisotopic (exact) mass is 268 g/mol. The molecular weight excluding hydrogens is 248 g/mol. The molecule has 1 aliphatic rings. The number of esters is 1. The molecule has 0 spiro atoms. The van der Waals surface area contributed by atoms with Crippen LogP contribution < -0.4 is 0 Å². The van der Waals surface area contributed by atoms with E-state index in [1.54, 1.807) is 11.3 Å². The van der Waals surface area contributed by atoms with Gasteiger partial charge in [0.25, 0.3) is 0 Å². The van der Waals surface area contributed by atoms with Crippen LogP contribution in [0.1, 0.15) is 30.5 Å². The maximum absolute atomic E-state index is 11.7. The average Bonchev–Trinajstić information content (AvgIpc) is 2.75. The molecule has 0 aliphatic carbocycles. The van der Waals surface area contributed by atoms with Crippen LogP contribution in [0, 0.1) is 12.8 Å². The Morgan fingerprint density at radius 3 is 3.17 bits per heavy atom. The Hall–Kier alpha value is -0.940. The Morgan fingerprint density at radius 2 is 2.50 bits per heavy atom. The Morgan fingerprint density at radius 1 is 1.67 bits per heavy atom. The average molecular weight is 268 g/mol. The molecule has 0 amide bonds. The minimum Gasteiger partial charge on any atom is -0.466 e. The third kappa shape index (κ3) is 3.53. The van der Waals surface area contributed by atoms with E-state index < -0.39 is 0 Å². The Labute approximate surface area is 112 Å². The van der Waals surface area contributed by atoms with E-state index in [1.165, 1.54) is 0 Å². The summed E-state index contributed by atoms with van der Waals surface area (Å²) in [6.45, 7) is 7.05. The fourth-order valence-electron chi connectivity index (χ4n) is 2.36. The zero-order chi connectivity index (χ0) is 13.0. The van der Waals surface area contributed by atoms with Crippen molar-refractivity contribution in [2.75, 3.05) is 19.7 Å². The molecule has 1 atom stereocenters. The minimum absolute atomic E-state index is 0.0402. The highest BCUT2D eigenvalue weighted by Gasteiger charge is 2.26. The second kappa shape index (κ2) is 6.29. The van der Waals surface area contributed by atoms with Gasteiger partial charge in [0, 0.05) is 18.5 Å². The fraction of sp³-hybridized carbons (Fsp3) is 0.692. The maximum atomic E-state index is 11.7. The van der Waals surface area contributed by atoms with Crippen LogP contribution >= 0.6 is 11.3 Å². The van der Waals surface area contributed by atoms with Crippen molar-refractivity contribution >= 4 is 17.3 Å². The zero-order valence-corrected chi connectivity index (χ0v) is 11.8. The van der Waals surface area contributed by atoms with Gasteiger partial charge < -0.3 is 4.74 Å². The first kappa shape index (κ1) is 13.5. The van der Waals surface area contributed by atoms with Crippen molar-refractivity contribution in [3.8, 4) is 0 Å². The largest absolute Gasteiger partial charge is 0.466 e. The second-order valence-electron chi connectivity index (χ2n) is 4.68. The Kier molecular flexibility index (Phi) is 4.72. The molecule has 1 aromatic rings. The number of aromatic nitrogens is 1. The molecule has 1 aromatic heterocycles. The Bertz CT molecular complexity index is 405. The molecule has 0 radical (unpaired) electrons. The lowest BCUT2D eigenvalue weighted by Crippen LogP contribution is -2.39. The zero-order valence-electron chi connectivity index (χ0n) is 11.0. The highest BCUT2D eigenvalue weighted by molar-refractivity contribution is 7.09. The molecule has 0 N–H and O–H groups in total. The molecule has 4 nitrogen and oxygen atoms in total. The lowest BCUT2D eigenvalue weighted by molar-refractivity contribution is -0.150. The van der Waals surface area contributed by atoms with Crippen LogP contribution in [0.25, 0.3) is 0 Å². The number of rotatable bonds is 4. The number of piperidine rings is 1. The lowest BCUT2D eigenvalue weighted by Gasteiger charge is -2.30. The summed E-state index contributed by atoms with van der Waals surface area (Å²) in [7, 11) is 0. The normalized spacial score (nSPS) is 20.9. The SMILES string of the molecule is CCOC(=O)[C@@H]1CCCN(Cc2csc(C)n2)C1. The summed E-state index contributed by atoms with van der Waals surface area (Å²) in [4.78, 5) is 18.5. The lowest BCUT2D eigenvalue weighted by atomic mass is 9.98. The maximum Gasteiger partial charge on any atom is 0.310 e. The number of hydrogen-bond acceptors (Lipinski definition) is 5.